The maximum atomic E-state index is 9.77. The molecule has 0 aliphatic carbocycles. The smallest absolute Gasteiger partial charge is 0.335 e. The quantitative estimate of drug-likeness (QED) is 0.200. The molecule has 10 N–H and O–H groups in total. The first-order valence-electron chi connectivity index (χ1n) is 5.76. The van der Waals surface area contributed by atoms with Crippen LogP contribution in [-0.4, -0.2) is 113 Å². The number of hydrogen-bond donors (Lipinski definition) is 10. The molecule has 0 spiro atoms. The van der Waals surface area contributed by atoms with Crippen LogP contribution in [0.1, 0.15) is 0 Å². The Bertz CT molecular complexity index is 302. The summed E-state index contributed by atoms with van der Waals surface area (Å²) in [6.45, 7) is -1.45. The molecular weight excluding hydrogens is 312 g/mol. The van der Waals surface area contributed by atoms with Crippen molar-refractivity contribution < 1.29 is 60.7 Å². The molecular formula is C10H20O12. The first-order chi connectivity index (χ1) is 10.0. The molecule has 12 nitrogen and oxygen atoms in total. The van der Waals surface area contributed by atoms with Gasteiger partial charge in [-0.3, -0.25) is 0 Å². The van der Waals surface area contributed by atoms with Crippen molar-refractivity contribution >= 4 is 11.9 Å². The number of aliphatic hydroxyl groups excluding tert-OH is 8. The van der Waals surface area contributed by atoms with E-state index in [1.54, 1.807) is 0 Å². The summed E-state index contributed by atoms with van der Waals surface area (Å²) < 4.78 is 0. The first-order valence-corrected chi connectivity index (χ1v) is 5.76. The summed E-state index contributed by atoms with van der Waals surface area (Å²) >= 11 is 0. The Balaban J connectivity index is 0. The zero-order valence-corrected chi connectivity index (χ0v) is 11.2. The van der Waals surface area contributed by atoms with Crippen LogP contribution in [0.25, 0.3) is 0 Å². The van der Waals surface area contributed by atoms with Gasteiger partial charge in [0.15, 0.2) is 12.2 Å². The van der Waals surface area contributed by atoms with Crippen LogP contribution in [0.3, 0.4) is 0 Å². The summed E-state index contributed by atoms with van der Waals surface area (Å²) in [5, 5.41) is 84.7. The van der Waals surface area contributed by atoms with E-state index in [4.69, 9.17) is 51.1 Å². The Hall–Kier alpha value is -1.38. The normalized spacial score (nSPS) is 18.9. The van der Waals surface area contributed by atoms with Gasteiger partial charge in [0.2, 0.25) is 0 Å². The molecule has 0 saturated heterocycles. The lowest BCUT2D eigenvalue weighted by molar-refractivity contribution is -0.165. The largest absolute Gasteiger partial charge is 0.479 e. The fourth-order valence-electron chi connectivity index (χ4n) is 0.941. The third-order valence-electron chi connectivity index (χ3n) is 2.32. The lowest BCUT2D eigenvalue weighted by Crippen LogP contribution is -2.46. The Labute approximate surface area is 123 Å². The Morgan fingerprint density at radius 2 is 0.864 bits per heavy atom. The third-order valence-corrected chi connectivity index (χ3v) is 2.32. The molecule has 0 aliphatic rings. The van der Waals surface area contributed by atoms with Gasteiger partial charge in [-0.25, -0.2) is 9.59 Å². The van der Waals surface area contributed by atoms with Crippen LogP contribution in [0.15, 0.2) is 0 Å². The molecule has 0 rings (SSSR count). The van der Waals surface area contributed by atoms with Gasteiger partial charge in [0.25, 0.3) is 0 Å². The van der Waals surface area contributed by atoms with E-state index in [1.165, 1.54) is 0 Å². The highest BCUT2D eigenvalue weighted by Crippen LogP contribution is 2.04. The van der Waals surface area contributed by atoms with Crippen LogP contribution in [-0.2, 0) is 9.59 Å². The lowest BCUT2D eigenvalue weighted by atomic mass is 10.0. The number of aliphatic hydroxyl groups is 8. The maximum absolute atomic E-state index is 9.77. The van der Waals surface area contributed by atoms with E-state index in [-0.39, 0.29) is 0 Å². The summed E-state index contributed by atoms with van der Waals surface area (Å²) in [4.78, 5) is 19.5. The van der Waals surface area contributed by atoms with Gasteiger partial charge in [0.05, 0.1) is 13.2 Å². The molecule has 12 heteroatoms. The van der Waals surface area contributed by atoms with E-state index in [2.05, 4.69) is 0 Å². The van der Waals surface area contributed by atoms with Gasteiger partial charge in [-0.1, -0.05) is 0 Å². The molecule has 6 atom stereocenters. The molecule has 0 aromatic rings. The van der Waals surface area contributed by atoms with Crippen molar-refractivity contribution in [3.05, 3.63) is 0 Å². The van der Waals surface area contributed by atoms with Crippen LogP contribution in [0.4, 0.5) is 0 Å². The number of carbonyl (C=O) groups is 2. The second kappa shape index (κ2) is 11.2. The summed E-state index contributed by atoms with van der Waals surface area (Å²) in [5.41, 5.74) is 0. The van der Waals surface area contributed by atoms with Crippen molar-refractivity contribution in [1.82, 2.24) is 0 Å². The predicted octanol–water partition coefficient (Wildman–Crippen LogP) is -5.71. The summed E-state index contributed by atoms with van der Waals surface area (Å²) in [5.74, 6) is -3.54. The summed E-state index contributed by atoms with van der Waals surface area (Å²) in [7, 11) is 0. The molecule has 0 radical (unpaired) electrons. The second-order valence-corrected chi connectivity index (χ2v) is 4.05. The topological polar surface area (TPSA) is 236 Å². The Morgan fingerprint density at radius 1 is 0.636 bits per heavy atom. The standard InChI is InChI=1S/C6H14O6.C4H6O6/c7-1-3(9)5(11)6(12)4(10)2-8;5-1(3(7)8)2(6)4(9)10/h3-12H,1-2H2;1-2,5-6H,(H,7,8)(H,9,10)/t3-,4+,5-,6-;/m1./s1. The molecule has 0 aliphatic heterocycles. The van der Waals surface area contributed by atoms with Gasteiger partial charge in [-0.2, -0.15) is 0 Å². The lowest BCUT2D eigenvalue weighted by Gasteiger charge is -2.24. The molecule has 132 valence electrons. The van der Waals surface area contributed by atoms with Gasteiger partial charge in [0.1, 0.15) is 24.4 Å². The van der Waals surface area contributed by atoms with Crippen molar-refractivity contribution in [2.45, 2.75) is 36.6 Å². The van der Waals surface area contributed by atoms with E-state index in [0.717, 1.165) is 0 Å². The minimum atomic E-state index is -2.27. The number of aliphatic carboxylic acids is 2. The highest BCUT2D eigenvalue weighted by Gasteiger charge is 2.30. The van der Waals surface area contributed by atoms with E-state index >= 15 is 0 Å². The first kappa shape index (κ1) is 22.9. The second-order valence-electron chi connectivity index (χ2n) is 4.05. The molecule has 0 saturated carbocycles. The van der Waals surface area contributed by atoms with Gasteiger partial charge < -0.3 is 51.1 Å². The summed E-state index contributed by atoms with van der Waals surface area (Å²) in [6, 6.07) is 0. The maximum Gasteiger partial charge on any atom is 0.335 e. The van der Waals surface area contributed by atoms with Crippen LogP contribution in [0, 0.1) is 0 Å². The molecule has 2 unspecified atom stereocenters. The van der Waals surface area contributed by atoms with Crippen LogP contribution in [0.5, 0.6) is 0 Å². The molecule has 0 amide bonds. The van der Waals surface area contributed by atoms with Gasteiger partial charge >= 0.3 is 11.9 Å². The van der Waals surface area contributed by atoms with E-state index in [9.17, 15) is 9.59 Å². The molecule has 0 heterocycles. The SMILES string of the molecule is O=C(O)C(O)C(O)C(=O)O.OC[C@@H](O)[C@@H](O)[C@H](O)[C@@H](O)CO. The van der Waals surface area contributed by atoms with E-state index in [1.807, 2.05) is 0 Å². The van der Waals surface area contributed by atoms with E-state index in [0.29, 0.717) is 0 Å². The number of hydrogen-bond acceptors (Lipinski definition) is 10. The number of rotatable bonds is 8. The molecule has 22 heavy (non-hydrogen) atoms. The highest BCUT2D eigenvalue weighted by molar-refractivity contribution is 5.83. The van der Waals surface area contributed by atoms with Crippen LogP contribution in [0.2, 0.25) is 0 Å². The van der Waals surface area contributed by atoms with Crippen molar-refractivity contribution in [3.8, 4) is 0 Å². The summed E-state index contributed by atoms with van der Waals surface area (Å²) in [6.07, 6.45) is -10.9. The van der Waals surface area contributed by atoms with E-state index < -0.39 is 61.8 Å². The van der Waals surface area contributed by atoms with Gasteiger partial charge in [0, 0.05) is 0 Å². The van der Waals surface area contributed by atoms with Gasteiger partial charge in [-0.05, 0) is 0 Å². The van der Waals surface area contributed by atoms with Crippen molar-refractivity contribution in [2.75, 3.05) is 13.2 Å². The Kier molecular flexibility index (Phi) is 11.7. The van der Waals surface area contributed by atoms with Gasteiger partial charge in [-0.15, -0.1) is 0 Å². The number of carboxylic acid groups (broad SMARTS) is 2. The Morgan fingerprint density at radius 3 is 1.00 bits per heavy atom. The molecule has 0 aromatic heterocycles. The zero-order valence-electron chi connectivity index (χ0n) is 11.2. The molecule has 0 fully saturated rings. The van der Waals surface area contributed by atoms with Crippen molar-refractivity contribution in [1.29, 1.82) is 0 Å². The van der Waals surface area contributed by atoms with Crippen molar-refractivity contribution in [2.24, 2.45) is 0 Å². The molecule has 0 bridgehead atoms. The fraction of sp³-hybridized carbons (Fsp3) is 0.800. The molecule has 0 aromatic carbocycles. The van der Waals surface area contributed by atoms with Crippen LogP contribution >= 0.6 is 0 Å². The zero-order chi connectivity index (χ0) is 18.0. The minimum absolute atomic E-state index is 0.726. The van der Waals surface area contributed by atoms with Crippen molar-refractivity contribution in [3.63, 3.8) is 0 Å². The monoisotopic (exact) mass is 332 g/mol. The average Bonchev–Trinajstić information content (AvgIpc) is 2.50. The fourth-order valence-corrected chi connectivity index (χ4v) is 0.941. The van der Waals surface area contributed by atoms with Crippen LogP contribution < -0.4 is 0 Å². The predicted molar refractivity (Wildman–Crippen MR) is 65.5 cm³/mol. The minimum Gasteiger partial charge on any atom is -0.479 e. The third kappa shape index (κ3) is 8.16. The number of carboxylic acids is 2. The highest BCUT2D eigenvalue weighted by atomic mass is 16.4. The average molecular weight is 332 g/mol.